The Morgan fingerprint density at radius 3 is 2.71 bits per heavy atom. The van der Waals surface area contributed by atoms with E-state index in [0.717, 1.165) is 24.9 Å². The molecule has 94 valence electrons. The first-order chi connectivity index (χ1) is 8.29. The van der Waals surface area contributed by atoms with Crippen molar-refractivity contribution in [2.45, 2.75) is 20.4 Å². The molecule has 0 aliphatic carbocycles. The lowest BCUT2D eigenvalue weighted by molar-refractivity contribution is 0.220. The van der Waals surface area contributed by atoms with E-state index in [9.17, 15) is 0 Å². The highest BCUT2D eigenvalue weighted by atomic mass is 15.1. The number of hydrogen-bond acceptors (Lipinski definition) is 3. The summed E-state index contributed by atoms with van der Waals surface area (Å²) in [5.74, 6) is 1.61. The van der Waals surface area contributed by atoms with Crippen molar-refractivity contribution in [2.24, 2.45) is 11.8 Å². The third-order valence-corrected chi connectivity index (χ3v) is 3.77. The van der Waals surface area contributed by atoms with Gasteiger partial charge >= 0.3 is 0 Å². The maximum absolute atomic E-state index is 4.07. The van der Waals surface area contributed by atoms with Gasteiger partial charge in [-0.05, 0) is 49.2 Å². The predicted octanol–water partition coefficient (Wildman–Crippen LogP) is 1.76. The smallest absolute Gasteiger partial charge is 0.0271 e. The van der Waals surface area contributed by atoms with E-state index in [1.807, 2.05) is 12.4 Å². The van der Waals surface area contributed by atoms with Crippen LogP contribution < -0.4 is 5.32 Å². The van der Waals surface area contributed by atoms with Crippen LogP contribution in [0.5, 0.6) is 0 Å². The summed E-state index contributed by atoms with van der Waals surface area (Å²) in [4.78, 5) is 6.60. The predicted molar refractivity (Wildman–Crippen MR) is 70.7 cm³/mol. The van der Waals surface area contributed by atoms with Crippen molar-refractivity contribution >= 4 is 0 Å². The Kier molecular flexibility index (Phi) is 4.51. The molecule has 0 unspecified atom stereocenters. The van der Waals surface area contributed by atoms with Crippen molar-refractivity contribution in [3.05, 3.63) is 30.1 Å². The molecule has 2 atom stereocenters. The Bertz CT molecular complexity index is 325. The number of pyridine rings is 1. The van der Waals surface area contributed by atoms with Crippen LogP contribution in [0.3, 0.4) is 0 Å². The number of rotatable bonds is 5. The Hall–Kier alpha value is -0.930. The Balaban J connectivity index is 1.88. The Labute approximate surface area is 104 Å². The van der Waals surface area contributed by atoms with Gasteiger partial charge in [-0.25, -0.2) is 0 Å². The lowest BCUT2D eigenvalue weighted by Gasteiger charge is -2.25. The maximum atomic E-state index is 4.07. The molecule has 1 aliphatic rings. The van der Waals surface area contributed by atoms with Gasteiger partial charge in [0.05, 0.1) is 0 Å². The van der Waals surface area contributed by atoms with Gasteiger partial charge in [0.25, 0.3) is 0 Å². The fourth-order valence-electron chi connectivity index (χ4n) is 2.49. The van der Waals surface area contributed by atoms with Gasteiger partial charge in [-0.2, -0.15) is 0 Å². The zero-order chi connectivity index (χ0) is 12.1. The minimum atomic E-state index is 0.803. The average molecular weight is 233 g/mol. The molecule has 3 nitrogen and oxygen atoms in total. The first-order valence-corrected chi connectivity index (χ1v) is 6.61. The van der Waals surface area contributed by atoms with Crippen LogP contribution in [-0.4, -0.2) is 36.1 Å². The standard InChI is InChI=1S/C14H23N3/c1-3-17(10-13-4-6-15-7-5-13)11-14-9-16-8-12(14)2/h4-7,12,14,16H,3,8-11H2,1-2H3/t12-,14+/m1/s1. The molecule has 0 spiro atoms. The number of nitrogens with zero attached hydrogens (tertiary/aromatic N) is 2. The minimum absolute atomic E-state index is 0.803. The van der Waals surface area contributed by atoms with Crippen molar-refractivity contribution in [1.82, 2.24) is 15.2 Å². The fourth-order valence-corrected chi connectivity index (χ4v) is 2.49. The zero-order valence-corrected chi connectivity index (χ0v) is 10.9. The molecule has 1 fully saturated rings. The van der Waals surface area contributed by atoms with E-state index in [1.54, 1.807) is 0 Å². The lowest BCUT2D eigenvalue weighted by Crippen LogP contribution is -2.31. The van der Waals surface area contributed by atoms with Crippen LogP contribution in [0.15, 0.2) is 24.5 Å². The molecule has 0 amide bonds. The van der Waals surface area contributed by atoms with E-state index < -0.39 is 0 Å². The van der Waals surface area contributed by atoms with E-state index in [0.29, 0.717) is 0 Å². The molecule has 3 heteroatoms. The summed E-state index contributed by atoms with van der Waals surface area (Å²) in [7, 11) is 0. The third kappa shape index (κ3) is 3.51. The molecule has 17 heavy (non-hydrogen) atoms. The molecule has 1 saturated heterocycles. The molecule has 2 heterocycles. The Morgan fingerprint density at radius 1 is 1.35 bits per heavy atom. The van der Waals surface area contributed by atoms with Gasteiger partial charge < -0.3 is 5.32 Å². The molecule has 0 bridgehead atoms. The average Bonchev–Trinajstić information content (AvgIpc) is 2.75. The molecule has 1 aromatic heterocycles. The van der Waals surface area contributed by atoms with Crippen molar-refractivity contribution < 1.29 is 0 Å². The first kappa shape index (κ1) is 12.5. The van der Waals surface area contributed by atoms with Crippen molar-refractivity contribution in [3.8, 4) is 0 Å². The molecule has 2 rings (SSSR count). The lowest BCUT2D eigenvalue weighted by atomic mass is 9.97. The van der Waals surface area contributed by atoms with Crippen LogP contribution in [0.25, 0.3) is 0 Å². The summed E-state index contributed by atoms with van der Waals surface area (Å²) in [6.45, 7) is 10.3. The summed E-state index contributed by atoms with van der Waals surface area (Å²) in [6.07, 6.45) is 3.76. The van der Waals surface area contributed by atoms with Crippen LogP contribution >= 0.6 is 0 Å². The van der Waals surface area contributed by atoms with Crippen LogP contribution in [0.2, 0.25) is 0 Å². The van der Waals surface area contributed by atoms with E-state index in [1.165, 1.54) is 25.2 Å². The topological polar surface area (TPSA) is 28.2 Å². The minimum Gasteiger partial charge on any atom is -0.316 e. The van der Waals surface area contributed by atoms with E-state index in [2.05, 4.69) is 41.2 Å². The summed E-state index contributed by atoms with van der Waals surface area (Å²) < 4.78 is 0. The molecule has 0 saturated carbocycles. The van der Waals surface area contributed by atoms with Crippen LogP contribution in [-0.2, 0) is 6.54 Å². The zero-order valence-electron chi connectivity index (χ0n) is 10.9. The van der Waals surface area contributed by atoms with Crippen molar-refractivity contribution in [1.29, 1.82) is 0 Å². The van der Waals surface area contributed by atoms with Crippen LogP contribution in [0.4, 0.5) is 0 Å². The Morgan fingerprint density at radius 2 is 2.12 bits per heavy atom. The molecular weight excluding hydrogens is 210 g/mol. The highest BCUT2D eigenvalue weighted by molar-refractivity contribution is 5.09. The second-order valence-electron chi connectivity index (χ2n) is 5.08. The molecule has 1 N–H and O–H groups in total. The number of nitrogens with one attached hydrogen (secondary N) is 1. The SMILES string of the molecule is CCN(Cc1ccncc1)C[C@@H]1CNC[C@H]1C. The monoisotopic (exact) mass is 233 g/mol. The largest absolute Gasteiger partial charge is 0.316 e. The summed E-state index contributed by atoms with van der Waals surface area (Å²) in [5, 5.41) is 3.48. The quantitative estimate of drug-likeness (QED) is 0.840. The van der Waals surface area contributed by atoms with Gasteiger partial charge in [-0.1, -0.05) is 13.8 Å². The molecule has 0 radical (unpaired) electrons. The van der Waals surface area contributed by atoms with E-state index in [-0.39, 0.29) is 0 Å². The van der Waals surface area contributed by atoms with Crippen LogP contribution in [0, 0.1) is 11.8 Å². The number of hydrogen-bond donors (Lipinski definition) is 1. The van der Waals surface area contributed by atoms with Gasteiger partial charge in [0.1, 0.15) is 0 Å². The molecular formula is C14H23N3. The highest BCUT2D eigenvalue weighted by Crippen LogP contribution is 2.18. The summed E-state index contributed by atoms with van der Waals surface area (Å²) in [6, 6.07) is 4.22. The molecule has 0 aromatic carbocycles. The van der Waals surface area contributed by atoms with Gasteiger partial charge in [-0.15, -0.1) is 0 Å². The van der Waals surface area contributed by atoms with Crippen LogP contribution in [0.1, 0.15) is 19.4 Å². The van der Waals surface area contributed by atoms with Crippen molar-refractivity contribution in [2.75, 3.05) is 26.2 Å². The van der Waals surface area contributed by atoms with Gasteiger partial charge in [0, 0.05) is 25.5 Å². The fraction of sp³-hybridized carbons (Fsp3) is 0.643. The molecule has 1 aliphatic heterocycles. The third-order valence-electron chi connectivity index (χ3n) is 3.77. The van der Waals surface area contributed by atoms with Gasteiger partial charge in [0.15, 0.2) is 0 Å². The van der Waals surface area contributed by atoms with E-state index in [4.69, 9.17) is 0 Å². The highest BCUT2D eigenvalue weighted by Gasteiger charge is 2.24. The maximum Gasteiger partial charge on any atom is 0.0271 e. The second-order valence-corrected chi connectivity index (χ2v) is 5.08. The summed E-state index contributed by atoms with van der Waals surface area (Å²) >= 11 is 0. The molecule has 1 aromatic rings. The van der Waals surface area contributed by atoms with Crippen molar-refractivity contribution in [3.63, 3.8) is 0 Å². The van der Waals surface area contributed by atoms with E-state index >= 15 is 0 Å². The van der Waals surface area contributed by atoms with Gasteiger partial charge in [-0.3, -0.25) is 9.88 Å². The second kappa shape index (κ2) is 6.12. The summed E-state index contributed by atoms with van der Waals surface area (Å²) in [5.41, 5.74) is 1.36. The first-order valence-electron chi connectivity index (χ1n) is 6.61. The normalized spacial score (nSPS) is 24.4. The van der Waals surface area contributed by atoms with Gasteiger partial charge in [0.2, 0.25) is 0 Å². The number of aromatic nitrogens is 1.